The van der Waals surface area contributed by atoms with Crippen molar-refractivity contribution >= 4 is 37.5 Å². The van der Waals surface area contributed by atoms with Crippen LogP contribution in [0.2, 0.25) is 0 Å². The number of halogens is 2. The number of ether oxygens (including phenoxy) is 2. The largest absolute Gasteiger partial charge is 0.380 e. The van der Waals surface area contributed by atoms with Gasteiger partial charge in [-0.25, -0.2) is 0 Å². The molecule has 0 aliphatic carbocycles. The van der Waals surface area contributed by atoms with E-state index >= 15 is 0 Å². The van der Waals surface area contributed by atoms with Gasteiger partial charge in [0.05, 0.1) is 13.2 Å². The zero-order valence-corrected chi connectivity index (χ0v) is 15.4. The molecule has 0 atom stereocenters. The summed E-state index contributed by atoms with van der Waals surface area (Å²) in [6, 6.07) is 6.38. The second-order valence-corrected chi connectivity index (χ2v) is 5.76. The lowest BCUT2D eigenvalue weighted by atomic mass is 10.2. The van der Waals surface area contributed by atoms with Crippen LogP contribution < -0.4 is 4.90 Å². The highest BCUT2D eigenvalue weighted by molar-refractivity contribution is 9.10. The SMILES string of the molecule is CCOCCN(CCOCC)c1ccc(Br)cc1CBr. The summed E-state index contributed by atoms with van der Waals surface area (Å²) in [5.74, 6) is 0. The number of hydrogen-bond donors (Lipinski definition) is 0. The molecule has 114 valence electrons. The first-order chi connectivity index (χ1) is 9.72. The van der Waals surface area contributed by atoms with Crippen LogP contribution in [0.25, 0.3) is 0 Å². The van der Waals surface area contributed by atoms with Gasteiger partial charge >= 0.3 is 0 Å². The molecule has 3 nitrogen and oxygen atoms in total. The van der Waals surface area contributed by atoms with Crippen molar-refractivity contribution in [3.05, 3.63) is 28.2 Å². The lowest BCUT2D eigenvalue weighted by molar-refractivity contribution is 0.141. The molecule has 0 heterocycles. The van der Waals surface area contributed by atoms with Gasteiger partial charge in [-0.2, -0.15) is 0 Å². The summed E-state index contributed by atoms with van der Waals surface area (Å²) < 4.78 is 12.1. The van der Waals surface area contributed by atoms with Crippen LogP contribution in [0, 0.1) is 0 Å². The molecule has 1 rings (SSSR count). The third kappa shape index (κ3) is 6.12. The van der Waals surface area contributed by atoms with E-state index in [0.29, 0.717) is 0 Å². The van der Waals surface area contributed by atoms with Crippen molar-refractivity contribution in [2.24, 2.45) is 0 Å². The second kappa shape index (κ2) is 10.6. The Labute approximate surface area is 138 Å². The van der Waals surface area contributed by atoms with Crippen molar-refractivity contribution in [2.45, 2.75) is 19.2 Å². The summed E-state index contributed by atoms with van der Waals surface area (Å²) in [7, 11) is 0. The molecule has 0 bridgehead atoms. The predicted octanol–water partition coefficient (Wildman–Crippen LogP) is 4.22. The average molecular weight is 409 g/mol. The zero-order chi connectivity index (χ0) is 14.8. The van der Waals surface area contributed by atoms with Crippen molar-refractivity contribution < 1.29 is 9.47 Å². The van der Waals surface area contributed by atoms with Gasteiger partial charge < -0.3 is 14.4 Å². The molecule has 20 heavy (non-hydrogen) atoms. The predicted molar refractivity (Wildman–Crippen MR) is 92.0 cm³/mol. The minimum Gasteiger partial charge on any atom is -0.380 e. The van der Waals surface area contributed by atoms with Gasteiger partial charge in [0.1, 0.15) is 0 Å². The van der Waals surface area contributed by atoms with Crippen LogP contribution >= 0.6 is 31.9 Å². The van der Waals surface area contributed by atoms with E-state index in [1.54, 1.807) is 0 Å². The van der Waals surface area contributed by atoms with Crippen molar-refractivity contribution in [1.29, 1.82) is 0 Å². The van der Waals surface area contributed by atoms with Crippen LogP contribution in [0.3, 0.4) is 0 Å². The summed E-state index contributed by atoms with van der Waals surface area (Å²) >= 11 is 7.09. The number of nitrogens with zero attached hydrogens (tertiary/aromatic N) is 1. The molecule has 0 aliphatic rings. The van der Waals surface area contributed by atoms with Gasteiger partial charge in [-0.05, 0) is 37.6 Å². The van der Waals surface area contributed by atoms with Crippen molar-refractivity contribution in [3.63, 3.8) is 0 Å². The highest BCUT2D eigenvalue weighted by atomic mass is 79.9. The van der Waals surface area contributed by atoms with E-state index in [1.807, 2.05) is 13.8 Å². The number of rotatable bonds is 10. The molecule has 0 unspecified atom stereocenters. The smallest absolute Gasteiger partial charge is 0.0641 e. The van der Waals surface area contributed by atoms with Gasteiger partial charge in [0.25, 0.3) is 0 Å². The van der Waals surface area contributed by atoms with Crippen LogP contribution in [0.15, 0.2) is 22.7 Å². The highest BCUT2D eigenvalue weighted by Gasteiger charge is 2.11. The fourth-order valence-electron chi connectivity index (χ4n) is 1.96. The fourth-order valence-corrected chi connectivity index (χ4v) is 2.82. The first-order valence-corrected chi connectivity index (χ1v) is 8.89. The maximum atomic E-state index is 5.49. The molecule has 0 aliphatic heterocycles. The topological polar surface area (TPSA) is 21.7 Å². The van der Waals surface area contributed by atoms with Crippen molar-refractivity contribution in [3.8, 4) is 0 Å². The Bertz CT molecular complexity index is 378. The molecule has 1 aromatic carbocycles. The molecule has 1 aromatic rings. The number of hydrogen-bond acceptors (Lipinski definition) is 3. The minimum absolute atomic E-state index is 0.737. The Hall–Kier alpha value is -0.100. The summed E-state index contributed by atoms with van der Waals surface area (Å²) in [6.45, 7) is 8.78. The van der Waals surface area contributed by atoms with Gasteiger partial charge in [-0.3, -0.25) is 0 Å². The van der Waals surface area contributed by atoms with Crippen LogP contribution in [-0.2, 0) is 14.8 Å². The summed E-state index contributed by atoms with van der Waals surface area (Å²) in [4.78, 5) is 2.33. The Morgan fingerprint density at radius 2 is 1.65 bits per heavy atom. The number of alkyl halides is 1. The Balaban J connectivity index is 2.78. The lowest BCUT2D eigenvalue weighted by Crippen LogP contribution is -2.31. The molecule has 0 aromatic heterocycles. The third-order valence-corrected chi connectivity index (χ3v) is 4.04. The van der Waals surface area contributed by atoms with Crippen molar-refractivity contribution in [2.75, 3.05) is 44.4 Å². The van der Waals surface area contributed by atoms with Gasteiger partial charge in [-0.1, -0.05) is 31.9 Å². The van der Waals surface area contributed by atoms with Crippen LogP contribution in [-0.4, -0.2) is 39.5 Å². The summed E-state index contributed by atoms with van der Waals surface area (Å²) in [5.41, 5.74) is 2.51. The van der Waals surface area contributed by atoms with E-state index in [0.717, 1.165) is 49.3 Å². The maximum Gasteiger partial charge on any atom is 0.0641 e. The fraction of sp³-hybridized carbons (Fsp3) is 0.600. The molecule has 0 amide bonds. The molecule has 0 saturated heterocycles. The van der Waals surface area contributed by atoms with Crippen LogP contribution in [0.5, 0.6) is 0 Å². The molecular formula is C15H23Br2NO2. The standard InChI is InChI=1S/C15H23Br2NO2/c1-3-19-9-7-18(8-10-20-4-2)15-6-5-14(17)11-13(15)12-16/h5-6,11H,3-4,7-10,12H2,1-2H3. The molecule has 0 saturated carbocycles. The second-order valence-electron chi connectivity index (χ2n) is 4.29. The Morgan fingerprint density at radius 3 is 2.15 bits per heavy atom. The van der Waals surface area contributed by atoms with Gasteiger partial charge in [-0.15, -0.1) is 0 Å². The Kier molecular flexibility index (Phi) is 9.52. The minimum atomic E-state index is 0.737. The molecule has 0 radical (unpaired) electrons. The van der Waals surface area contributed by atoms with Crippen molar-refractivity contribution in [1.82, 2.24) is 0 Å². The molecule has 0 N–H and O–H groups in total. The van der Waals surface area contributed by atoms with E-state index in [2.05, 4.69) is 55.0 Å². The quantitative estimate of drug-likeness (QED) is 0.427. The third-order valence-electron chi connectivity index (χ3n) is 2.95. The monoisotopic (exact) mass is 407 g/mol. The first kappa shape index (κ1) is 18.0. The summed E-state index contributed by atoms with van der Waals surface area (Å²) in [6.07, 6.45) is 0. The van der Waals surface area contributed by atoms with Gasteiger partial charge in [0.2, 0.25) is 0 Å². The molecular weight excluding hydrogens is 386 g/mol. The lowest BCUT2D eigenvalue weighted by Gasteiger charge is -2.27. The highest BCUT2D eigenvalue weighted by Crippen LogP contribution is 2.26. The Morgan fingerprint density at radius 1 is 1.05 bits per heavy atom. The van der Waals surface area contributed by atoms with E-state index in [-0.39, 0.29) is 0 Å². The van der Waals surface area contributed by atoms with Gasteiger partial charge in [0, 0.05) is 41.8 Å². The molecule has 5 heteroatoms. The zero-order valence-electron chi connectivity index (χ0n) is 12.2. The average Bonchev–Trinajstić information content (AvgIpc) is 2.46. The molecule has 0 fully saturated rings. The number of anilines is 1. The normalized spacial score (nSPS) is 10.8. The van der Waals surface area contributed by atoms with Gasteiger partial charge in [0.15, 0.2) is 0 Å². The molecule has 0 spiro atoms. The number of benzene rings is 1. The van der Waals surface area contributed by atoms with E-state index in [1.165, 1.54) is 11.3 Å². The van der Waals surface area contributed by atoms with Crippen LogP contribution in [0.1, 0.15) is 19.4 Å². The van der Waals surface area contributed by atoms with E-state index in [9.17, 15) is 0 Å². The maximum absolute atomic E-state index is 5.49. The first-order valence-electron chi connectivity index (χ1n) is 6.97. The summed E-state index contributed by atoms with van der Waals surface area (Å²) in [5, 5.41) is 0.835. The van der Waals surface area contributed by atoms with E-state index < -0.39 is 0 Å². The van der Waals surface area contributed by atoms with E-state index in [4.69, 9.17) is 9.47 Å². The van der Waals surface area contributed by atoms with Crippen LogP contribution in [0.4, 0.5) is 5.69 Å².